The fourth-order valence-corrected chi connectivity index (χ4v) is 1.78. The van der Waals surface area contributed by atoms with Gasteiger partial charge in [0.05, 0.1) is 5.69 Å². The molecule has 2 nitrogen and oxygen atoms in total. The number of ketones is 1. The number of carbonyl (C=O) groups excluding carboxylic acids is 1. The van der Waals surface area contributed by atoms with Crippen LogP contribution in [0.5, 0.6) is 0 Å². The lowest BCUT2D eigenvalue weighted by Crippen LogP contribution is -2.12. The van der Waals surface area contributed by atoms with Crippen molar-refractivity contribution in [3.8, 4) is 0 Å². The van der Waals surface area contributed by atoms with Crippen LogP contribution in [0.1, 0.15) is 17.3 Å². The Morgan fingerprint density at radius 2 is 1.78 bits per heavy atom. The molecule has 0 fully saturated rings. The van der Waals surface area contributed by atoms with Crippen LogP contribution in [0.2, 0.25) is 0 Å². The quantitative estimate of drug-likeness (QED) is 0.764. The molecule has 0 aliphatic heterocycles. The summed E-state index contributed by atoms with van der Waals surface area (Å²) in [4.78, 5) is 13.1. The SMILES string of the molecule is CC(=O)c1ccc(F)c(N(C)c2ccccc2)c1. The third kappa shape index (κ3) is 2.40. The number of carbonyl (C=O) groups is 1. The van der Waals surface area contributed by atoms with E-state index in [2.05, 4.69) is 0 Å². The van der Waals surface area contributed by atoms with Gasteiger partial charge in [-0.1, -0.05) is 18.2 Å². The number of halogens is 1. The number of hydrogen-bond acceptors (Lipinski definition) is 2. The summed E-state index contributed by atoms with van der Waals surface area (Å²) in [6, 6.07) is 13.9. The molecule has 0 atom stereocenters. The monoisotopic (exact) mass is 243 g/mol. The maximum Gasteiger partial charge on any atom is 0.159 e. The molecule has 0 saturated heterocycles. The third-order valence-electron chi connectivity index (χ3n) is 2.86. The fraction of sp³-hybridized carbons (Fsp3) is 0.133. The first-order valence-corrected chi connectivity index (χ1v) is 5.69. The molecular formula is C15H14FNO. The number of Topliss-reactive ketones (excluding diaryl/α,β-unsaturated/α-hetero) is 1. The standard InChI is InChI=1S/C15H14FNO/c1-11(18)12-8-9-14(16)15(10-12)17(2)13-6-4-3-5-7-13/h3-10H,1-2H3. The summed E-state index contributed by atoms with van der Waals surface area (Å²) in [5.74, 6) is -0.413. The average molecular weight is 243 g/mol. The molecule has 0 bridgehead atoms. The summed E-state index contributed by atoms with van der Waals surface area (Å²) in [5, 5.41) is 0. The molecule has 0 aliphatic carbocycles. The molecule has 3 heteroatoms. The van der Waals surface area contributed by atoms with Gasteiger partial charge < -0.3 is 4.90 Å². The highest BCUT2D eigenvalue weighted by molar-refractivity contribution is 5.95. The number of para-hydroxylation sites is 1. The van der Waals surface area contributed by atoms with Gasteiger partial charge in [-0.2, -0.15) is 0 Å². The van der Waals surface area contributed by atoms with Crippen LogP contribution >= 0.6 is 0 Å². The Morgan fingerprint density at radius 1 is 1.11 bits per heavy atom. The van der Waals surface area contributed by atoms with Crippen LogP contribution in [0, 0.1) is 5.82 Å². The second kappa shape index (κ2) is 5.00. The first kappa shape index (κ1) is 12.3. The molecule has 0 heterocycles. The van der Waals surface area contributed by atoms with Crippen LogP contribution in [-0.2, 0) is 0 Å². The predicted octanol–water partition coefficient (Wildman–Crippen LogP) is 3.80. The summed E-state index contributed by atoms with van der Waals surface area (Å²) >= 11 is 0. The fourth-order valence-electron chi connectivity index (χ4n) is 1.78. The maximum absolute atomic E-state index is 13.8. The Morgan fingerprint density at radius 3 is 2.39 bits per heavy atom. The lowest BCUT2D eigenvalue weighted by atomic mass is 10.1. The Labute approximate surface area is 106 Å². The minimum absolute atomic E-state index is 0.0716. The molecule has 2 rings (SSSR count). The topological polar surface area (TPSA) is 20.3 Å². The van der Waals surface area contributed by atoms with Crippen molar-refractivity contribution >= 4 is 17.2 Å². The van der Waals surface area contributed by atoms with E-state index >= 15 is 0 Å². The van der Waals surface area contributed by atoms with Crippen LogP contribution in [0.3, 0.4) is 0 Å². The molecule has 0 saturated carbocycles. The summed E-state index contributed by atoms with van der Waals surface area (Å²) in [7, 11) is 1.78. The molecule has 2 aromatic carbocycles. The second-order valence-electron chi connectivity index (χ2n) is 4.12. The van der Waals surface area contributed by atoms with Gasteiger partial charge in [-0.25, -0.2) is 4.39 Å². The molecule has 0 unspecified atom stereocenters. The lowest BCUT2D eigenvalue weighted by molar-refractivity contribution is 0.101. The Bertz CT molecular complexity index is 566. The van der Waals surface area contributed by atoms with E-state index in [0.717, 1.165) is 5.69 Å². The molecule has 0 aromatic heterocycles. The van der Waals surface area contributed by atoms with Crippen molar-refractivity contribution < 1.29 is 9.18 Å². The molecule has 0 aliphatic rings. The van der Waals surface area contributed by atoms with Gasteiger partial charge in [0.1, 0.15) is 5.82 Å². The highest BCUT2D eigenvalue weighted by atomic mass is 19.1. The van der Waals surface area contributed by atoms with Crippen LogP contribution in [0.4, 0.5) is 15.8 Å². The second-order valence-corrected chi connectivity index (χ2v) is 4.12. The van der Waals surface area contributed by atoms with Crippen LogP contribution in [0.15, 0.2) is 48.5 Å². The van der Waals surface area contributed by atoms with Crippen molar-refractivity contribution in [2.24, 2.45) is 0 Å². The van der Waals surface area contributed by atoms with E-state index in [-0.39, 0.29) is 11.6 Å². The van der Waals surface area contributed by atoms with Crippen molar-refractivity contribution in [2.45, 2.75) is 6.92 Å². The average Bonchev–Trinajstić information content (AvgIpc) is 2.39. The third-order valence-corrected chi connectivity index (χ3v) is 2.86. The smallest absolute Gasteiger partial charge is 0.159 e. The van der Waals surface area contributed by atoms with Gasteiger partial charge in [-0.05, 0) is 37.3 Å². The highest BCUT2D eigenvalue weighted by Crippen LogP contribution is 2.27. The first-order chi connectivity index (χ1) is 8.59. The minimum Gasteiger partial charge on any atom is -0.342 e. The van der Waals surface area contributed by atoms with Gasteiger partial charge in [-0.15, -0.1) is 0 Å². The van der Waals surface area contributed by atoms with E-state index in [4.69, 9.17) is 0 Å². The largest absolute Gasteiger partial charge is 0.342 e. The number of hydrogen-bond donors (Lipinski definition) is 0. The van der Waals surface area contributed by atoms with Crippen molar-refractivity contribution in [3.05, 3.63) is 59.9 Å². The Balaban J connectivity index is 2.44. The van der Waals surface area contributed by atoms with E-state index in [0.29, 0.717) is 11.3 Å². The minimum atomic E-state index is -0.341. The normalized spacial score (nSPS) is 10.2. The lowest BCUT2D eigenvalue weighted by Gasteiger charge is -2.20. The number of rotatable bonds is 3. The number of nitrogens with zero attached hydrogens (tertiary/aromatic N) is 1. The van der Waals surface area contributed by atoms with E-state index in [1.807, 2.05) is 30.3 Å². The maximum atomic E-state index is 13.8. The summed E-state index contributed by atoms with van der Waals surface area (Å²) in [6.07, 6.45) is 0. The van der Waals surface area contributed by atoms with Gasteiger partial charge in [-0.3, -0.25) is 4.79 Å². The highest BCUT2D eigenvalue weighted by Gasteiger charge is 2.11. The van der Waals surface area contributed by atoms with Gasteiger partial charge in [0, 0.05) is 18.3 Å². The van der Waals surface area contributed by atoms with E-state index < -0.39 is 0 Å². The number of benzene rings is 2. The Hall–Kier alpha value is -2.16. The molecular weight excluding hydrogens is 229 g/mol. The predicted molar refractivity (Wildman–Crippen MR) is 70.9 cm³/mol. The van der Waals surface area contributed by atoms with Crippen molar-refractivity contribution in [3.63, 3.8) is 0 Å². The molecule has 0 amide bonds. The van der Waals surface area contributed by atoms with Gasteiger partial charge in [0.25, 0.3) is 0 Å². The number of anilines is 2. The molecule has 0 radical (unpaired) electrons. The summed E-state index contributed by atoms with van der Waals surface area (Å²) < 4.78 is 13.8. The summed E-state index contributed by atoms with van der Waals surface area (Å²) in [5.41, 5.74) is 1.78. The van der Waals surface area contributed by atoms with Crippen molar-refractivity contribution in [1.82, 2.24) is 0 Å². The molecule has 92 valence electrons. The van der Waals surface area contributed by atoms with E-state index in [1.54, 1.807) is 18.0 Å². The van der Waals surface area contributed by atoms with Gasteiger partial charge >= 0.3 is 0 Å². The zero-order valence-corrected chi connectivity index (χ0v) is 10.4. The van der Waals surface area contributed by atoms with E-state index in [1.165, 1.54) is 19.1 Å². The zero-order valence-electron chi connectivity index (χ0n) is 10.4. The van der Waals surface area contributed by atoms with Gasteiger partial charge in [0.15, 0.2) is 5.78 Å². The van der Waals surface area contributed by atoms with Crippen LogP contribution in [0.25, 0.3) is 0 Å². The van der Waals surface area contributed by atoms with Crippen molar-refractivity contribution in [1.29, 1.82) is 0 Å². The Kier molecular flexibility index (Phi) is 3.42. The van der Waals surface area contributed by atoms with Crippen molar-refractivity contribution in [2.75, 3.05) is 11.9 Å². The molecule has 0 N–H and O–H groups in total. The molecule has 18 heavy (non-hydrogen) atoms. The van der Waals surface area contributed by atoms with Crippen LogP contribution in [-0.4, -0.2) is 12.8 Å². The van der Waals surface area contributed by atoms with E-state index in [9.17, 15) is 9.18 Å². The first-order valence-electron chi connectivity index (χ1n) is 5.69. The molecule has 0 spiro atoms. The van der Waals surface area contributed by atoms with Gasteiger partial charge in [0.2, 0.25) is 0 Å². The molecule has 2 aromatic rings. The van der Waals surface area contributed by atoms with Crippen LogP contribution < -0.4 is 4.90 Å². The zero-order chi connectivity index (χ0) is 13.1. The summed E-state index contributed by atoms with van der Waals surface area (Å²) in [6.45, 7) is 1.47.